The van der Waals surface area contributed by atoms with Gasteiger partial charge in [-0.05, 0) is 12.8 Å². The van der Waals surface area contributed by atoms with Gasteiger partial charge < -0.3 is 14.8 Å². The molecule has 1 fully saturated rings. The minimum atomic E-state index is -0.0991. The standard InChI is InChI=1S/C21H31N7O2S/c1-15(2)20(30)23-21-22-16(14-31-21)12-19(29)27-10-8-26(9-11-27)13-18-25-24-17-6-4-3-5-7-28(17)18/h14-15H,3-13H2,1-2H3,(H,22,23,30). The van der Waals surface area contributed by atoms with Crippen LogP contribution in [0.15, 0.2) is 5.38 Å². The van der Waals surface area contributed by atoms with Gasteiger partial charge in [0.15, 0.2) is 5.13 Å². The maximum atomic E-state index is 12.7. The Hall–Kier alpha value is -2.33. The van der Waals surface area contributed by atoms with Crippen LogP contribution in [-0.4, -0.2) is 67.5 Å². The molecule has 0 radical (unpaired) electrons. The number of hydrogen-bond donors (Lipinski definition) is 1. The van der Waals surface area contributed by atoms with Crippen molar-refractivity contribution in [3.63, 3.8) is 0 Å². The van der Waals surface area contributed by atoms with Crippen molar-refractivity contribution in [3.05, 3.63) is 22.7 Å². The predicted molar refractivity (Wildman–Crippen MR) is 119 cm³/mol. The average Bonchev–Trinajstić information content (AvgIpc) is 3.27. The Balaban J connectivity index is 1.25. The van der Waals surface area contributed by atoms with Gasteiger partial charge in [-0.25, -0.2) is 4.98 Å². The zero-order chi connectivity index (χ0) is 21.8. The first-order valence-electron chi connectivity index (χ1n) is 11.2. The molecule has 0 unspecified atom stereocenters. The predicted octanol–water partition coefficient (Wildman–Crippen LogP) is 1.94. The number of fused-ring (bicyclic) bond motifs is 1. The van der Waals surface area contributed by atoms with E-state index < -0.39 is 0 Å². The molecule has 0 bridgehead atoms. The fourth-order valence-electron chi connectivity index (χ4n) is 3.98. The topological polar surface area (TPSA) is 96.2 Å². The highest BCUT2D eigenvalue weighted by Gasteiger charge is 2.24. The SMILES string of the molecule is CC(C)C(=O)Nc1nc(CC(=O)N2CCN(Cc3nnc4n3CCCCC4)CC2)cs1. The fourth-order valence-corrected chi connectivity index (χ4v) is 4.69. The second kappa shape index (κ2) is 9.86. The van der Waals surface area contributed by atoms with Crippen molar-refractivity contribution in [3.8, 4) is 0 Å². The highest BCUT2D eigenvalue weighted by atomic mass is 32.1. The van der Waals surface area contributed by atoms with Gasteiger partial charge >= 0.3 is 0 Å². The lowest BCUT2D eigenvalue weighted by molar-refractivity contribution is -0.132. The molecular weight excluding hydrogens is 414 g/mol. The first-order chi connectivity index (χ1) is 15.0. The number of carbonyl (C=O) groups is 2. The first-order valence-corrected chi connectivity index (χ1v) is 12.0. The monoisotopic (exact) mass is 445 g/mol. The molecule has 31 heavy (non-hydrogen) atoms. The molecular formula is C21H31N7O2S. The smallest absolute Gasteiger partial charge is 0.228 e. The van der Waals surface area contributed by atoms with Gasteiger partial charge in [0.25, 0.3) is 0 Å². The molecule has 2 amide bonds. The Morgan fingerprint density at radius 2 is 1.90 bits per heavy atom. The summed E-state index contributed by atoms with van der Waals surface area (Å²) >= 11 is 1.36. The molecule has 168 valence electrons. The molecule has 2 aromatic heterocycles. The van der Waals surface area contributed by atoms with Crippen molar-refractivity contribution < 1.29 is 9.59 Å². The van der Waals surface area contributed by atoms with Crippen LogP contribution in [0, 0.1) is 5.92 Å². The lowest BCUT2D eigenvalue weighted by Gasteiger charge is -2.34. The normalized spacial score (nSPS) is 17.5. The summed E-state index contributed by atoms with van der Waals surface area (Å²) in [6, 6.07) is 0. The number of piperazine rings is 1. The summed E-state index contributed by atoms with van der Waals surface area (Å²) in [7, 11) is 0. The molecule has 2 aliphatic heterocycles. The quantitative estimate of drug-likeness (QED) is 0.730. The summed E-state index contributed by atoms with van der Waals surface area (Å²) in [6.07, 6.45) is 4.94. The Bertz CT molecular complexity index is 915. The highest BCUT2D eigenvalue weighted by Crippen LogP contribution is 2.19. The summed E-state index contributed by atoms with van der Waals surface area (Å²) in [5.74, 6) is 2.09. The molecule has 9 nitrogen and oxygen atoms in total. The largest absolute Gasteiger partial charge is 0.340 e. The van der Waals surface area contributed by atoms with Gasteiger partial charge in [0.2, 0.25) is 11.8 Å². The second-order valence-electron chi connectivity index (χ2n) is 8.62. The number of nitrogens with zero attached hydrogens (tertiary/aromatic N) is 6. The van der Waals surface area contributed by atoms with Gasteiger partial charge in [-0.1, -0.05) is 20.3 Å². The number of amides is 2. The van der Waals surface area contributed by atoms with E-state index in [9.17, 15) is 9.59 Å². The summed E-state index contributed by atoms with van der Waals surface area (Å²) in [6.45, 7) is 8.57. The number of aromatic nitrogens is 4. The van der Waals surface area contributed by atoms with Gasteiger partial charge in [-0.3, -0.25) is 14.5 Å². The third-order valence-electron chi connectivity index (χ3n) is 5.91. The molecule has 2 aliphatic rings. The van der Waals surface area contributed by atoms with E-state index in [1.807, 2.05) is 24.1 Å². The van der Waals surface area contributed by atoms with Crippen LogP contribution in [0.4, 0.5) is 5.13 Å². The van der Waals surface area contributed by atoms with Gasteiger partial charge in [0, 0.05) is 50.4 Å². The Morgan fingerprint density at radius 1 is 1.10 bits per heavy atom. The van der Waals surface area contributed by atoms with Crippen LogP contribution in [0.5, 0.6) is 0 Å². The van der Waals surface area contributed by atoms with Crippen LogP contribution in [0.3, 0.4) is 0 Å². The van der Waals surface area contributed by atoms with Crippen LogP contribution in [-0.2, 0) is 35.5 Å². The van der Waals surface area contributed by atoms with Crippen molar-refractivity contribution in [2.45, 2.75) is 59.0 Å². The molecule has 1 saturated heterocycles. The molecule has 0 spiro atoms. The van der Waals surface area contributed by atoms with Crippen LogP contribution >= 0.6 is 11.3 Å². The zero-order valence-corrected chi connectivity index (χ0v) is 19.2. The third-order valence-corrected chi connectivity index (χ3v) is 6.72. The van der Waals surface area contributed by atoms with Crippen LogP contribution in [0.2, 0.25) is 0 Å². The molecule has 10 heteroatoms. The number of rotatable bonds is 6. The second-order valence-corrected chi connectivity index (χ2v) is 9.47. The average molecular weight is 446 g/mol. The van der Waals surface area contributed by atoms with E-state index in [0.29, 0.717) is 23.9 Å². The van der Waals surface area contributed by atoms with E-state index >= 15 is 0 Å². The van der Waals surface area contributed by atoms with Crippen LogP contribution in [0.1, 0.15) is 50.5 Å². The summed E-state index contributed by atoms with van der Waals surface area (Å²) in [5, 5.41) is 14.0. The number of hydrogen-bond acceptors (Lipinski definition) is 7. The number of thiazole rings is 1. The van der Waals surface area contributed by atoms with Crippen molar-refractivity contribution in [1.29, 1.82) is 0 Å². The minimum absolute atomic E-state index is 0.0621. The van der Waals surface area contributed by atoms with Gasteiger partial charge in [-0.2, -0.15) is 0 Å². The number of aryl methyl sites for hydroxylation is 1. The maximum absolute atomic E-state index is 12.7. The van der Waals surface area contributed by atoms with E-state index in [-0.39, 0.29) is 24.2 Å². The van der Waals surface area contributed by atoms with Crippen LogP contribution < -0.4 is 5.32 Å². The van der Waals surface area contributed by atoms with Crippen molar-refractivity contribution in [2.75, 3.05) is 31.5 Å². The molecule has 2 aromatic rings. The minimum Gasteiger partial charge on any atom is -0.340 e. The zero-order valence-electron chi connectivity index (χ0n) is 18.3. The number of anilines is 1. The van der Waals surface area contributed by atoms with E-state index in [1.54, 1.807) is 0 Å². The number of nitrogens with one attached hydrogen (secondary N) is 1. The Labute approximate surface area is 186 Å². The first kappa shape index (κ1) is 21.9. The van der Waals surface area contributed by atoms with E-state index in [1.165, 1.54) is 30.6 Å². The highest BCUT2D eigenvalue weighted by molar-refractivity contribution is 7.13. The van der Waals surface area contributed by atoms with E-state index in [2.05, 4.69) is 30.0 Å². The van der Waals surface area contributed by atoms with E-state index in [4.69, 9.17) is 0 Å². The molecule has 0 aromatic carbocycles. The summed E-state index contributed by atoms with van der Waals surface area (Å²) < 4.78 is 2.29. The summed E-state index contributed by atoms with van der Waals surface area (Å²) in [5.41, 5.74) is 0.711. The van der Waals surface area contributed by atoms with Crippen molar-refractivity contribution >= 4 is 28.3 Å². The van der Waals surface area contributed by atoms with Crippen molar-refractivity contribution in [1.82, 2.24) is 29.5 Å². The van der Waals surface area contributed by atoms with Gasteiger partial charge in [0.1, 0.15) is 11.6 Å². The molecule has 4 heterocycles. The number of carbonyl (C=O) groups excluding carboxylic acids is 2. The van der Waals surface area contributed by atoms with Gasteiger partial charge in [0.05, 0.1) is 18.7 Å². The Morgan fingerprint density at radius 3 is 2.68 bits per heavy atom. The molecule has 0 aliphatic carbocycles. The molecule has 1 N–H and O–H groups in total. The van der Waals surface area contributed by atoms with Crippen LogP contribution in [0.25, 0.3) is 0 Å². The lowest BCUT2D eigenvalue weighted by Crippen LogP contribution is -2.49. The molecule has 0 saturated carbocycles. The third kappa shape index (κ3) is 5.48. The maximum Gasteiger partial charge on any atom is 0.228 e. The lowest BCUT2D eigenvalue weighted by atomic mass is 10.2. The Kier molecular flexibility index (Phi) is 6.96. The van der Waals surface area contributed by atoms with Gasteiger partial charge in [-0.15, -0.1) is 21.5 Å². The molecule has 4 rings (SSSR count). The molecule has 0 atom stereocenters. The van der Waals surface area contributed by atoms with Crippen molar-refractivity contribution in [2.24, 2.45) is 5.92 Å². The van der Waals surface area contributed by atoms with E-state index in [0.717, 1.165) is 44.2 Å². The fraction of sp³-hybridized carbons (Fsp3) is 0.667. The summed E-state index contributed by atoms with van der Waals surface area (Å²) in [4.78, 5) is 33.2.